The van der Waals surface area contributed by atoms with Gasteiger partial charge in [0.2, 0.25) is 0 Å². The van der Waals surface area contributed by atoms with Gasteiger partial charge in [-0.25, -0.2) is 15.0 Å². The Balaban J connectivity index is 1.38. The molecule has 0 fully saturated rings. The third-order valence-electron chi connectivity index (χ3n) is 8.11. The fraction of sp³-hybridized carbons (Fsp3) is 0. The molecular weight excluding hydrogens is 543 g/mol. The smallest absolute Gasteiger partial charge is 0.184 e. The van der Waals surface area contributed by atoms with Gasteiger partial charge in [0.05, 0.1) is 11.4 Å². The van der Waals surface area contributed by atoms with Gasteiger partial charge in [-0.15, -0.1) is 0 Å². The standard InChI is InChI=1S/C37H25N5Si/c1-4-13-26(14-5-1)35-40-36(27-15-6-2-7-16-27)42-37(41-35)28-17-10-20-30(25-28)43(29-18-8-3-9-19-29)31-21-11-23-38-33(31)34-32(43)22-12-24-39-34/h1-25H. The van der Waals surface area contributed by atoms with Crippen LogP contribution in [0.25, 0.3) is 45.6 Å². The average Bonchev–Trinajstić information content (AvgIpc) is 3.40. The summed E-state index contributed by atoms with van der Waals surface area (Å²) in [6.07, 6.45) is 3.73. The average molecular weight is 568 g/mol. The maximum Gasteiger partial charge on any atom is 0.184 e. The predicted octanol–water partition coefficient (Wildman–Crippen LogP) is 5.02. The molecule has 7 aromatic rings. The maximum atomic E-state index is 5.02. The molecule has 0 spiro atoms. The molecule has 0 aliphatic carbocycles. The topological polar surface area (TPSA) is 64.5 Å². The minimum Gasteiger partial charge on any atom is -0.255 e. The zero-order valence-electron chi connectivity index (χ0n) is 23.2. The molecular formula is C37H25N5Si. The molecule has 8 rings (SSSR count). The molecule has 6 heteroatoms. The van der Waals surface area contributed by atoms with Crippen LogP contribution in [0.4, 0.5) is 0 Å². The lowest BCUT2D eigenvalue weighted by molar-refractivity contribution is 1.07. The Morgan fingerprint density at radius 2 is 0.814 bits per heavy atom. The highest BCUT2D eigenvalue weighted by Crippen LogP contribution is 2.28. The van der Waals surface area contributed by atoms with Gasteiger partial charge in [-0.2, -0.15) is 0 Å². The first-order valence-electron chi connectivity index (χ1n) is 14.3. The molecule has 5 nitrogen and oxygen atoms in total. The van der Waals surface area contributed by atoms with Crippen molar-refractivity contribution in [2.75, 3.05) is 0 Å². The molecule has 1 aliphatic rings. The molecule has 3 aromatic heterocycles. The van der Waals surface area contributed by atoms with E-state index in [2.05, 4.69) is 66.7 Å². The van der Waals surface area contributed by atoms with E-state index in [1.165, 1.54) is 20.7 Å². The molecule has 0 saturated carbocycles. The van der Waals surface area contributed by atoms with Gasteiger partial charge >= 0.3 is 0 Å². The van der Waals surface area contributed by atoms with Crippen LogP contribution in [0.1, 0.15) is 0 Å². The van der Waals surface area contributed by atoms with Crippen LogP contribution in [0, 0.1) is 0 Å². The van der Waals surface area contributed by atoms with E-state index in [4.69, 9.17) is 24.9 Å². The van der Waals surface area contributed by atoms with E-state index in [1.54, 1.807) is 0 Å². The van der Waals surface area contributed by atoms with Crippen LogP contribution in [-0.4, -0.2) is 33.0 Å². The van der Waals surface area contributed by atoms with Gasteiger partial charge in [-0.05, 0) is 32.9 Å². The summed E-state index contributed by atoms with van der Waals surface area (Å²) in [5.74, 6) is 1.94. The summed E-state index contributed by atoms with van der Waals surface area (Å²) in [5.41, 5.74) is 4.78. The molecule has 0 radical (unpaired) electrons. The number of nitrogens with zero attached hydrogens (tertiary/aromatic N) is 5. The summed E-state index contributed by atoms with van der Waals surface area (Å²) in [6.45, 7) is 0. The molecule has 0 atom stereocenters. The predicted molar refractivity (Wildman–Crippen MR) is 174 cm³/mol. The van der Waals surface area contributed by atoms with Gasteiger partial charge in [-0.1, -0.05) is 127 Å². The zero-order chi connectivity index (χ0) is 28.6. The van der Waals surface area contributed by atoms with E-state index in [0.29, 0.717) is 17.5 Å². The van der Waals surface area contributed by atoms with Crippen LogP contribution < -0.4 is 20.7 Å². The highest BCUT2D eigenvalue weighted by atomic mass is 28.3. The van der Waals surface area contributed by atoms with Crippen LogP contribution in [-0.2, 0) is 0 Å². The van der Waals surface area contributed by atoms with Crippen molar-refractivity contribution in [1.82, 2.24) is 24.9 Å². The number of fused-ring (bicyclic) bond motifs is 3. The first kappa shape index (κ1) is 25.1. The summed E-state index contributed by atoms with van der Waals surface area (Å²) in [4.78, 5) is 24.6. The van der Waals surface area contributed by atoms with Gasteiger partial charge in [0.15, 0.2) is 25.5 Å². The minimum atomic E-state index is -2.74. The van der Waals surface area contributed by atoms with Crippen molar-refractivity contribution in [3.8, 4) is 45.6 Å². The van der Waals surface area contributed by atoms with Crippen molar-refractivity contribution in [3.63, 3.8) is 0 Å². The Kier molecular flexibility index (Phi) is 6.05. The van der Waals surface area contributed by atoms with Crippen LogP contribution in [0.3, 0.4) is 0 Å². The number of benzene rings is 4. The molecule has 0 N–H and O–H groups in total. The van der Waals surface area contributed by atoms with Crippen LogP contribution in [0.5, 0.6) is 0 Å². The number of rotatable bonds is 5. The number of hydrogen-bond donors (Lipinski definition) is 0. The Morgan fingerprint density at radius 3 is 1.35 bits per heavy atom. The lowest BCUT2D eigenvalue weighted by atomic mass is 10.1. The third-order valence-corrected chi connectivity index (χ3v) is 12.9. The van der Waals surface area contributed by atoms with Crippen LogP contribution in [0.15, 0.2) is 152 Å². The lowest BCUT2D eigenvalue weighted by Crippen LogP contribution is -2.72. The SMILES string of the molecule is c1ccc(-c2nc(-c3ccccc3)nc(-c3cccc([Si]4(c5ccccc5)c5cccnc5-c5ncccc54)c3)n2)cc1. The Hall–Kier alpha value is -5.59. The lowest BCUT2D eigenvalue weighted by Gasteiger charge is -2.30. The highest BCUT2D eigenvalue weighted by Gasteiger charge is 2.50. The van der Waals surface area contributed by atoms with E-state index in [0.717, 1.165) is 28.1 Å². The van der Waals surface area contributed by atoms with E-state index in [1.807, 2.05) is 85.2 Å². The molecule has 1 aliphatic heterocycles. The minimum absolute atomic E-state index is 0.641. The van der Waals surface area contributed by atoms with Crippen molar-refractivity contribution >= 4 is 28.8 Å². The van der Waals surface area contributed by atoms with Gasteiger partial charge < -0.3 is 0 Å². The summed E-state index contributed by atoms with van der Waals surface area (Å²) < 4.78 is 0. The second-order valence-corrected chi connectivity index (χ2v) is 14.3. The van der Waals surface area contributed by atoms with Gasteiger partial charge in [0.25, 0.3) is 0 Å². The maximum absolute atomic E-state index is 5.02. The van der Waals surface area contributed by atoms with Crippen molar-refractivity contribution in [2.45, 2.75) is 0 Å². The number of hydrogen-bond acceptors (Lipinski definition) is 5. The molecule has 202 valence electrons. The molecule has 0 amide bonds. The van der Waals surface area contributed by atoms with Gasteiger partial charge in [0.1, 0.15) is 0 Å². The summed E-state index contributed by atoms with van der Waals surface area (Å²) in [7, 11) is -2.74. The molecule has 0 saturated heterocycles. The van der Waals surface area contributed by atoms with Crippen molar-refractivity contribution in [3.05, 3.63) is 152 Å². The first-order chi connectivity index (χ1) is 21.3. The van der Waals surface area contributed by atoms with E-state index >= 15 is 0 Å². The molecule has 0 unspecified atom stereocenters. The zero-order valence-corrected chi connectivity index (χ0v) is 24.2. The Labute approximate surface area is 250 Å². The second-order valence-electron chi connectivity index (χ2n) is 10.5. The van der Waals surface area contributed by atoms with Crippen LogP contribution in [0.2, 0.25) is 0 Å². The normalized spacial score (nSPS) is 12.8. The van der Waals surface area contributed by atoms with Crippen molar-refractivity contribution < 1.29 is 0 Å². The number of pyridine rings is 2. The quantitative estimate of drug-likeness (QED) is 0.273. The monoisotopic (exact) mass is 567 g/mol. The fourth-order valence-electron chi connectivity index (χ4n) is 6.24. The van der Waals surface area contributed by atoms with Gasteiger partial charge in [0, 0.05) is 29.1 Å². The van der Waals surface area contributed by atoms with E-state index in [9.17, 15) is 0 Å². The Morgan fingerprint density at radius 1 is 0.372 bits per heavy atom. The summed E-state index contributed by atoms with van der Waals surface area (Å²) >= 11 is 0. The summed E-state index contributed by atoms with van der Waals surface area (Å²) in [5, 5.41) is 5.02. The van der Waals surface area contributed by atoms with E-state index in [-0.39, 0.29) is 0 Å². The van der Waals surface area contributed by atoms with E-state index < -0.39 is 8.07 Å². The molecule has 0 bridgehead atoms. The second kappa shape index (κ2) is 10.3. The third kappa shape index (κ3) is 4.11. The van der Waals surface area contributed by atoms with Gasteiger partial charge in [-0.3, -0.25) is 9.97 Å². The Bertz CT molecular complexity index is 1980. The number of aromatic nitrogens is 5. The first-order valence-corrected chi connectivity index (χ1v) is 16.3. The largest absolute Gasteiger partial charge is 0.255 e. The van der Waals surface area contributed by atoms with Crippen molar-refractivity contribution in [1.29, 1.82) is 0 Å². The molecule has 4 aromatic carbocycles. The summed E-state index contributed by atoms with van der Waals surface area (Å²) in [6, 6.07) is 48.3. The molecule has 4 heterocycles. The fourth-order valence-corrected chi connectivity index (χ4v) is 11.3. The van der Waals surface area contributed by atoms with Crippen LogP contribution >= 0.6 is 0 Å². The highest BCUT2D eigenvalue weighted by molar-refractivity contribution is 7.22. The van der Waals surface area contributed by atoms with Crippen molar-refractivity contribution in [2.24, 2.45) is 0 Å². The molecule has 43 heavy (non-hydrogen) atoms.